The predicted molar refractivity (Wildman–Crippen MR) is 281 cm³/mol. The fourth-order valence-electron chi connectivity index (χ4n) is 7.01. The number of allylic oxidation sites excluding steroid dienone is 14. The van der Waals surface area contributed by atoms with E-state index in [1.165, 1.54) is 64.2 Å². The number of quaternary nitrogens is 1. The second-order valence-corrected chi connectivity index (χ2v) is 18.8. The van der Waals surface area contributed by atoms with Crippen LogP contribution in [0.3, 0.4) is 0 Å². The monoisotopic (exact) mass is 939 g/mol. The summed E-state index contributed by atoms with van der Waals surface area (Å²) in [6.07, 6.45) is 60.7. The summed E-state index contributed by atoms with van der Waals surface area (Å²) >= 11 is 0. The van der Waals surface area contributed by atoms with Crippen molar-refractivity contribution in [2.24, 2.45) is 0 Å². The Morgan fingerprint density at radius 3 is 1.27 bits per heavy atom. The van der Waals surface area contributed by atoms with E-state index in [4.69, 9.17) is 18.9 Å². The Morgan fingerprint density at radius 1 is 0.463 bits per heavy atom. The van der Waals surface area contributed by atoms with Gasteiger partial charge in [-0.15, -0.1) is 0 Å². The SMILES string of the molecule is CC/C=C\C/C=C\C/C=C\C/C=C\CCCCCCCCC(=O)OC(COC(=O)CCCCCCCCCC/C=C\C/C=C\C/C=C\CCCCCCC)COC(OCC[N+](C)(C)C)C(=O)O. The maximum absolute atomic E-state index is 12.8. The molecule has 0 aliphatic carbocycles. The van der Waals surface area contributed by atoms with E-state index in [0.717, 1.165) is 109 Å². The van der Waals surface area contributed by atoms with Gasteiger partial charge in [-0.05, 0) is 89.9 Å². The lowest BCUT2D eigenvalue weighted by molar-refractivity contribution is -0.870. The van der Waals surface area contributed by atoms with Crippen LogP contribution in [-0.4, -0.2) is 87.4 Å². The van der Waals surface area contributed by atoms with Crippen molar-refractivity contribution in [2.45, 2.75) is 219 Å². The molecule has 0 aliphatic heterocycles. The highest BCUT2D eigenvalue weighted by Gasteiger charge is 2.25. The maximum Gasteiger partial charge on any atom is 0.361 e. The summed E-state index contributed by atoms with van der Waals surface area (Å²) < 4.78 is 22.8. The molecule has 1 N–H and O–H groups in total. The molecule has 0 amide bonds. The van der Waals surface area contributed by atoms with E-state index < -0.39 is 24.3 Å². The number of ether oxygens (including phenoxy) is 4. The molecule has 0 bridgehead atoms. The number of carbonyl (C=O) groups is 3. The van der Waals surface area contributed by atoms with Gasteiger partial charge in [-0.2, -0.15) is 0 Å². The van der Waals surface area contributed by atoms with Crippen molar-refractivity contribution in [1.29, 1.82) is 0 Å². The van der Waals surface area contributed by atoms with E-state index in [9.17, 15) is 19.5 Å². The number of likely N-dealkylation sites (N-methyl/N-ethyl adjacent to an activating group) is 1. The summed E-state index contributed by atoms with van der Waals surface area (Å²) in [5, 5.41) is 9.68. The molecule has 0 rings (SSSR count). The topological polar surface area (TPSA) is 108 Å². The molecule has 0 aromatic heterocycles. The largest absolute Gasteiger partial charge is 0.477 e. The summed E-state index contributed by atoms with van der Waals surface area (Å²) in [7, 11) is 5.95. The molecule has 0 aromatic rings. The molecule has 0 fully saturated rings. The molecule has 2 unspecified atom stereocenters. The first-order valence-corrected chi connectivity index (χ1v) is 26.8. The lowest BCUT2D eigenvalue weighted by Crippen LogP contribution is -2.40. The number of unbranched alkanes of at least 4 members (excludes halogenated alkanes) is 19. The molecule has 2 atom stereocenters. The molecule has 0 spiro atoms. The minimum atomic E-state index is -1.52. The van der Waals surface area contributed by atoms with E-state index in [1.807, 2.05) is 21.1 Å². The van der Waals surface area contributed by atoms with Crippen LogP contribution < -0.4 is 0 Å². The molecular weight excluding hydrogens is 839 g/mol. The van der Waals surface area contributed by atoms with Crippen LogP contribution in [0, 0.1) is 0 Å². The molecule has 0 radical (unpaired) electrons. The van der Waals surface area contributed by atoms with Crippen LogP contribution in [0.25, 0.3) is 0 Å². The van der Waals surface area contributed by atoms with Gasteiger partial charge in [0.05, 0.1) is 34.4 Å². The van der Waals surface area contributed by atoms with Gasteiger partial charge >= 0.3 is 17.9 Å². The molecule has 0 heterocycles. The fourth-order valence-corrected chi connectivity index (χ4v) is 7.01. The number of nitrogens with zero attached hydrogens (tertiary/aromatic N) is 1. The molecule has 0 saturated heterocycles. The maximum atomic E-state index is 12.8. The van der Waals surface area contributed by atoms with Crippen LogP contribution in [0.4, 0.5) is 0 Å². The predicted octanol–water partition coefficient (Wildman–Crippen LogP) is 15.2. The van der Waals surface area contributed by atoms with E-state index in [1.54, 1.807) is 0 Å². The highest BCUT2D eigenvalue weighted by molar-refractivity contribution is 5.71. The molecular formula is C58H100NO8+. The summed E-state index contributed by atoms with van der Waals surface area (Å²) in [5.41, 5.74) is 0. The Labute approximate surface area is 410 Å². The Balaban J connectivity index is 4.36. The smallest absolute Gasteiger partial charge is 0.361 e. The summed E-state index contributed by atoms with van der Waals surface area (Å²) in [4.78, 5) is 37.3. The van der Waals surface area contributed by atoms with E-state index in [0.29, 0.717) is 17.4 Å². The first-order valence-electron chi connectivity index (χ1n) is 26.8. The van der Waals surface area contributed by atoms with Gasteiger partial charge in [-0.3, -0.25) is 9.59 Å². The summed E-state index contributed by atoms with van der Waals surface area (Å²) in [5.74, 6) is -2.04. The van der Waals surface area contributed by atoms with Gasteiger partial charge in [0, 0.05) is 12.8 Å². The van der Waals surface area contributed by atoms with Gasteiger partial charge in [-0.1, -0.05) is 189 Å². The van der Waals surface area contributed by atoms with Gasteiger partial charge in [0.1, 0.15) is 13.2 Å². The minimum absolute atomic E-state index is 0.179. The van der Waals surface area contributed by atoms with Gasteiger partial charge in [0.15, 0.2) is 6.10 Å². The Morgan fingerprint density at radius 2 is 0.851 bits per heavy atom. The zero-order valence-corrected chi connectivity index (χ0v) is 43.5. The molecule has 9 heteroatoms. The zero-order chi connectivity index (χ0) is 49.2. The molecule has 0 saturated carbocycles. The van der Waals surface area contributed by atoms with Crippen molar-refractivity contribution in [3.05, 3.63) is 85.1 Å². The van der Waals surface area contributed by atoms with Crippen LogP contribution in [0.2, 0.25) is 0 Å². The quantitative estimate of drug-likeness (QED) is 0.0211. The van der Waals surface area contributed by atoms with Crippen molar-refractivity contribution in [3.63, 3.8) is 0 Å². The van der Waals surface area contributed by atoms with Crippen molar-refractivity contribution < 1.29 is 42.9 Å². The van der Waals surface area contributed by atoms with Gasteiger partial charge in [-0.25, -0.2) is 4.79 Å². The molecule has 0 aromatic carbocycles. The number of hydrogen-bond donors (Lipinski definition) is 1. The van der Waals surface area contributed by atoms with Gasteiger partial charge < -0.3 is 28.5 Å². The molecule has 67 heavy (non-hydrogen) atoms. The number of carbonyl (C=O) groups excluding carboxylic acids is 2. The number of esters is 2. The number of aliphatic carboxylic acids is 1. The van der Waals surface area contributed by atoms with Crippen LogP contribution in [0.5, 0.6) is 0 Å². The highest BCUT2D eigenvalue weighted by Crippen LogP contribution is 2.14. The lowest BCUT2D eigenvalue weighted by Gasteiger charge is -2.25. The van der Waals surface area contributed by atoms with Crippen molar-refractivity contribution in [3.8, 4) is 0 Å². The normalized spacial score (nSPS) is 13.5. The lowest BCUT2D eigenvalue weighted by atomic mass is 10.1. The Hall–Kier alpha value is -3.53. The van der Waals surface area contributed by atoms with Crippen molar-refractivity contribution in [1.82, 2.24) is 0 Å². The summed E-state index contributed by atoms with van der Waals surface area (Å²) in [6.45, 7) is 4.72. The van der Waals surface area contributed by atoms with Crippen LogP contribution >= 0.6 is 0 Å². The zero-order valence-electron chi connectivity index (χ0n) is 43.5. The molecule has 9 nitrogen and oxygen atoms in total. The standard InChI is InChI=1S/C58H99NO8/c1-6-8-10-12-14-16-18-20-22-24-26-27-28-29-31-32-34-36-38-40-42-44-46-48-55(60)65-52-54(53-66-58(57(62)63)64-51-50-59(3,4)5)67-56(61)49-47-45-43-41-39-37-35-33-30-25-23-21-19-17-15-13-11-9-7-2/h9,11,15,17-18,20-21,23-24,26,28-30,33,54,58H,6-8,10,12-14,16,19,22,25,27,31-32,34-53H2,1-5H3/p+1/b11-9-,17-15-,20-18-,23-21-,26-24-,29-28-,33-30-. The van der Waals surface area contributed by atoms with Crippen LogP contribution in [0.15, 0.2) is 85.1 Å². The van der Waals surface area contributed by atoms with Crippen molar-refractivity contribution >= 4 is 17.9 Å². The van der Waals surface area contributed by atoms with Gasteiger partial charge in [0.2, 0.25) is 0 Å². The first-order chi connectivity index (χ1) is 32.6. The molecule has 0 aliphatic rings. The average Bonchev–Trinajstić information content (AvgIpc) is 3.29. The third kappa shape index (κ3) is 50.2. The van der Waals surface area contributed by atoms with Crippen LogP contribution in [0.1, 0.15) is 206 Å². The van der Waals surface area contributed by atoms with E-state index in [2.05, 4.69) is 98.9 Å². The second-order valence-electron chi connectivity index (χ2n) is 18.8. The minimum Gasteiger partial charge on any atom is -0.477 e. The third-order valence-electron chi connectivity index (χ3n) is 11.1. The highest BCUT2D eigenvalue weighted by atomic mass is 16.7. The fraction of sp³-hybridized carbons (Fsp3) is 0.707. The summed E-state index contributed by atoms with van der Waals surface area (Å²) in [6, 6.07) is 0. The molecule has 384 valence electrons. The van der Waals surface area contributed by atoms with Crippen LogP contribution in [-0.2, 0) is 33.3 Å². The van der Waals surface area contributed by atoms with E-state index >= 15 is 0 Å². The average molecular weight is 939 g/mol. The second kappa shape index (κ2) is 48.9. The van der Waals surface area contributed by atoms with Crippen molar-refractivity contribution in [2.75, 3.05) is 47.5 Å². The Bertz CT molecular complexity index is 1370. The number of rotatable bonds is 48. The Kier molecular flexibility index (Phi) is 46.3. The first kappa shape index (κ1) is 63.5. The number of carboxylic acids is 1. The van der Waals surface area contributed by atoms with E-state index in [-0.39, 0.29) is 38.6 Å². The van der Waals surface area contributed by atoms with Gasteiger partial charge in [0.25, 0.3) is 6.29 Å². The third-order valence-corrected chi connectivity index (χ3v) is 11.1. The number of carboxylic acid groups (broad SMARTS) is 1. The number of hydrogen-bond acceptors (Lipinski definition) is 7.